The minimum absolute atomic E-state index is 0.0509. The van der Waals surface area contributed by atoms with Gasteiger partial charge < -0.3 is 10.4 Å². The van der Waals surface area contributed by atoms with Crippen LogP contribution < -0.4 is 5.32 Å². The maximum atomic E-state index is 10.4. The second-order valence-corrected chi connectivity index (χ2v) is 2.13. The predicted octanol–water partition coefficient (Wildman–Crippen LogP) is -0.744. The number of aliphatic hydroxyl groups excluding tert-OH is 1. The Morgan fingerprint density at radius 2 is 2.50 bits per heavy atom. The topological polar surface area (TPSA) is 49.3 Å². The molecule has 0 radical (unpaired) electrons. The van der Waals surface area contributed by atoms with Gasteiger partial charge in [0.25, 0.3) is 0 Å². The first kappa shape index (κ1) is 5.56. The molecule has 0 aromatic heterocycles. The third kappa shape index (κ3) is 0.816. The van der Waals surface area contributed by atoms with Gasteiger partial charge in [-0.3, -0.25) is 4.79 Å². The van der Waals surface area contributed by atoms with Gasteiger partial charge in [0.15, 0.2) is 0 Å². The Balaban J connectivity index is 2.51. The maximum absolute atomic E-state index is 10.4. The lowest BCUT2D eigenvalue weighted by Crippen LogP contribution is -2.27. The van der Waals surface area contributed by atoms with Crippen LogP contribution in [0.25, 0.3) is 0 Å². The van der Waals surface area contributed by atoms with E-state index in [2.05, 4.69) is 5.32 Å². The highest BCUT2D eigenvalue weighted by Crippen LogP contribution is 2.05. The fraction of sp³-hybridized carbons (Fsp3) is 0.800. The molecule has 0 aliphatic carbocycles. The zero-order valence-electron chi connectivity index (χ0n) is 4.72. The van der Waals surface area contributed by atoms with Crippen molar-refractivity contribution in [1.82, 2.24) is 5.32 Å². The monoisotopic (exact) mass is 115 g/mol. The average molecular weight is 115 g/mol. The number of carbonyl (C=O) groups excluding carboxylic acids is 1. The lowest BCUT2D eigenvalue weighted by molar-refractivity contribution is -0.119. The van der Waals surface area contributed by atoms with Crippen LogP contribution in [0.3, 0.4) is 0 Å². The molecule has 3 nitrogen and oxygen atoms in total. The van der Waals surface area contributed by atoms with Crippen LogP contribution >= 0.6 is 0 Å². The lowest BCUT2D eigenvalue weighted by Gasteiger charge is -2.03. The summed E-state index contributed by atoms with van der Waals surface area (Å²) < 4.78 is 0. The van der Waals surface area contributed by atoms with E-state index in [9.17, 15) is 4.79 Å². The SMILES string of the molecule is C[C@H]1NC(=O)C[C@H]1O. The van der Waals surface area contributed by atoms with Gasteiger partial charge in [0, 0.05) is 0 Å². The third-order valence-electron chi connectivity index (χ3n) is 1.36. The molecule has 2 N–H and O–H groups in total. The average Bonchev–Trinajstić information content (AvgIpc) is 1.85. The number of hydrogen-bond acceptors (Lipinski definition) is 2. The second kappa shape index (κ2) is 1.74. The fourth-order valence-corrected chi connectivity index (χ4v) is 0.776. The molecule has 0 aromatic rings. The van der Waals surface area contributed by atoms with Crippen LogP contribution in [0.5, 0.6) is 0 Å². The molecule has 1 saturated heterocycles. The van der Waals surface area contributed by atoms with E-state index in [1.165, 1.54) is 0 Å². The lowest BCUT2D eigenvalue weighted by atomic mass is 10.2. The smallest absolute Gasteiger partial charge is 0.222 e. The summed E-state index contributed by atoms with van der Waals surface area (Å²) in [6, 6.07) is -0.0532. The van der Waals surface area contributed by atoms with Crippen molar-refractivity contribution < 1.29 is 9.90 Å². The van der Waals surface area contributed by atoms with Gasteiger partial charge in [-0.15, -0.1) is 0 Å². The van der Waals surface area contributed by atoms with E-state index >= 15 is 0 Å². The molecule has 1 aliphatic heterocycles. The second-order valence-electron chi connectivity index (χ2n) is 2.13. The van der Waals surface area contributed by atoms with Crippen molar-refractivity contribution in [3.05, 3.63) is 0 Å². The molecule has 1 aliphatic rings. The summed E-state index contributed by atoms with van der Waals surface area (Å²) in [6.45, 7) is 1.79. The Hall–Kier alpha value is -0.570. The Bertz CT molecular complexity index is 101. The zero-order valence-corrected chi connectivity index (χ0v) is 4.72. The number of rotatable bonds is 0. The molecule has 1 amide bonds. The van der Waals surface area contributed by atoms with Gasteiger partial charge >= 0.3 is 0 Å². The van der Waals surface area contributed by atoms with Crippen LogP contribution in [-0.4, -0.2) is 23.2 Å². The Labute approximate surface area is 47.7 Å². The number of carbonyl (C=O) groups is 1. The molecule has 1 rings (SSSR count). The molecule has 46 valence electrons. The molecule has 0 spiro atoms. The molecule has 8 heavy (non-hydrogen) atoms. The molecule has 0 bridgehead atoms. The van der Waals surface area contributed by atoms with Gasteiger partial charge in [-0.2, -0.15) is 0 Å². The summed E-state index contributed by atoms with van der Waals surface area (Å²) in [5.41, 5.74) is 0. The van der Waals surface area contributed by atoms with Crippen molar-refractivity contribution in [2.45, 2.75) is 25.5 Å². The highest BCUT2D eigenvalue weighted by Gasteiger charge is 2.25. The van der Waals surface area contributed by atoms with Crippen molar-refractivity contribution in [2.75, 3.05) is 0 Å². The first-order chi connectivity index (χ1) is 3.70. The Kier molecular flexibility index (Phi) is 1.21. The number of hydrogen-bond donors (Lipinski definition) is 2. The van der Waals surface area contributed by atoms with Gasteiger partial charge in [0.1, 0.15) is 0 Å². The highest BCUT2D eigenvalue weighted by atomic mass is 16.3. The summed E-state index contributed by atoms with van der Waals surface area (Å²) in [4.78, 5) is 10.4. The van der Waals surface area contributed by atoms with E-state index in [0.29, 0.717) is 0 Å². The number of amides is 1. The molecular weight excluding hydrogens is 106 g/mol. The van der Waals surface area contributed by atoms with Crippen LogP contribution in [0, 0.1) is 0 Å². The van der Waals surface area contributed by atoms with Crippen molar-refractivity contribution >= 4 is 5.91 Å². The summed E-state index contributed by atoms with van der Waals surface area (Å²) in [5.74, 6) is -0.0509. The van der Waals surface area contributed by atoms with Crippen LogP contribution in [-0.2, 0) is 4.79 Å². The van der Waals surface area contributed by atoms with Gasteiger partial charge in [0.2, 0.25) is 5.91 Å². The van der Waals surface area contributed by atoms with E-state index < -0.39 is 6.10 Å². The minimum atomic E-state index is -0.470. The van der Waals surface area contributed by atoms with Gasteiger partial charge in [-0.1, -0.05) is 0 Å². The summed E-state index contributed by atoms with van der Waals surface area (Å²) >= 11 is 0. The predicted molar refractivity (Wildman–Crippen MR) is 28.2 cm³/mol. The molecule has 0 saturated carbocycles. The number of aliphatic hydroxyl groups is 1. The van der Waals surface area contributed by atoms with Crippen LogP contribution in [0.4, 0.5) is 0 Å². The Morgan fingerprint density at radius 1 is 1.88 bits per heavy atom. The maximum Gasteiger partial charge on any atom is 0.222 e. The van der Waals surface area contributed by atoms with Gasteiger partial charge in [0.05, 0.1) is 18.6 Å². The third-order valence-corrected chi connectivity index (χ3v) is 1.36. The first-order valence-electron chi connectivity index (χ1n) is 2.67. The van der Waals surface area contributed by atoms with E-state index in [1.54, 1.807) is 6.92 Å². The molecule has 0 unspecified atom stereocenters. The summed E-state index contributed by atoms with van der Waals surface area (Å²) in [7, 11) is 0. The molecule has 2 atom stereocenters. The fourth-order valence-electron chi connectivity index (χ4n) is 0.776. The molecule has 1 heterocycles. The summed E-state index contributed by atoms with van der Waals surface area (Å²) in [6.07, 6.45) is -0.205. The standard InChI is InChI=1S/C5H9NO2/c1-3-4(7)2-5(8)6-3/h3-4,7H,2H2,1H3,(H,6,8)/t3-,4-/m1/s1. The molecule has 1 fully saturated rings. The number of nitrogens with one attached hydrogen (secondary N) is 1. The largest absolute Gasteiger partial charge is 0.390 e. The quantitative estimate of drug-likeness (QED) is 0.436. The van der Waals surface area contributed by atoms with E-state index in [0.717, 1.165) is 0 Å². The molecule has 3 heteroatoms. The van der Waals surface area contributed by atoms with Gasteiger partial charge in [-0.25, -0.2) is 0 Å². The van der Waals surface area contributed by atoms with Crippen LogP contribution in [0.2, 0.25) is 0 Å². The van der Waals surface area contributed by atoms with Crippen molar-refractivity contribution in [2.24, 2.45) is 0 Å². The van der Waals surface area contributed by atoms with Crippen LogP contribution in [0.1, 0.15) is 13.3 Å². The van der Waals surface area contributed by atoms with E-state index in [-0.39, 0.29) is 18.4 Å². The normalized spacial score (nSPS) is 37.5. The highest BCUT2D eigenvalue weighted by molar-refractivity contribution is 5.79. The van der Waals surface area contributed by atoms with Gasteiger partial charge in [-0.05, 0) is 6.92 Å². The zero-order chi connectivity index (χ0) is 6.15. The van der Waals surface area contributed by atoms with Crippen molar-refractivity contribution in [3.63, 3.8) is 0 Å². The minimum Gasteiger partial charge on any atom is -0.390 e. The van der Waals surface area contributed by atoms with Crippen molar-refractivity contribution in [3.8, 4) is 0 Å². The van der Waals surface area contributed by atoms with Crippen molar-refractivity contribution in [1.29, 1.82) is 0 Å². The molecule has 0 aromatic carbocycles. The first-order valence-corrected chi connectivity index (χ1v) is 2.67. The van der Waals surface area contributed by atoms with Crippen LogP contribution in [0.15, 0.2) is 0 Å². The van der Waals surface area contributed by atoms with E-state index in [1.807, 2.05) is 0 Å². The summed E-state index contributed by atoms with van der Waals surface area (Å²) in [5, 5.41) is 11.5. The van der Waals surface area contributed by atoms with E-state index in [4.69, 9.17) is 5.11 Å². The molecular formula is C5H9NO2. The Morgan fingerprint density at radius 3 is 2.62 bits per heavy atom.